The molecule has 0 aliphatic heterocycles. The van der Waals surface area contributed by atoms with Crippen LogP contribution >= 0.6 is 0 Å². The van der Waals surface area contributed by atoms with Gasteiger partial charge in [0.15, 0.2) is 0 Å². The second-order valence-corrected chi connectivity index (χ2v) is 2.64. The van der Waals surface area contributed by atoms with Crippen LogP contribution in [0.5, 0.6) is 0 Å². The molecule has 0 unspecified atom stereocenters. The Bertz CT molecular complexity index is 317. The fraction of sp³-hybridized carbons (Fsp3) is 0.250. The van der Waals surface area contributed by atoms with Crippen molar-refractivity contribution in [1.82, 2.24) is 4.98 Å². The fourth-order valence-corrected chi connectivity index (χ4v) is 0.911. The number of pyridine rings is 1. The van der Waals surface area contributed by atoms with Gasteiger partial charge in [-0.3, -0.25) is 4.79 Å². The molecule has 0 aromatic carbocycles. The number of nitrogens with zero attached hydrogens (tertiary/aromatic N) is 1. The maximum Gasteiger partial charge on any atom is 0.320 e. The molecule has 3 N–H and O–H groups in total. The fourth-order valence-electron chi connectivity index (χ4n) is 0.911. The molecule has 0 aliphatic rings. The summed E-state index contributed by atoms with van der Waals surface area (Å²) in [7, 11) is 0. The van der Waals surface area contributed by atoms with Gasteiger partial charge in [0.25, 0.3) is 0 Å². The Kier molecular flexibility index (Phi) is 2.92. The van der Waals surface area contributed by atoms with Gasteiger partial charge in [-0.25, -0.2) is 4.98 Å². The van der Waals surface area contributed by atoms with Crippen molar-refractivity contribution in [3.63, 3.8) is 0 Å². The van der Waals surface area contributed by atoms with Crippen molar-refractivity contribution in [1.29, 1.82) is 0 Å². The Morgan fingerprint density at radius 2 is 2.46 bits per heavy atom. The van der Waals surface area contributed by atoms with Crippen LogP contribution in [0.2, 0.25) is 0 Å². The van der Waals surface area contributed by atoms with Crippen molar-refractivity contribution >= 4 is 5.97 Å². The molecule has 0 saturated heterocycles. The molecule has 13 heavy (non-hydrogen) atoms. The predicted molar refractivity (Wildman–Crippen MR) is 43.5 cm³/mol. The minimum Gasteiger partial charge on any atom is -0.480 e. The Balaban J connectivity index is 2.69. The Morgan fingerprint density at radius 3 is 3.00 bits per heavy atom. The standard InChI is InChI=1S/C8H9FN2O2/c9-7-4-5(1-2-11-7)3-6(10)8(12)13/h1-2,4,6H,3,10H2,(H,12,13)/t6-/m0/s1. The summed E-state index contributed by atoms with van der Waals surface area (Å²) in [5.74, 6) is -1.73. The molecule has 1 atom stereocenters. The molecule has 0 saturated carbocycles. The van der Waals surface area contributed by atoms with Crippen LogP contribution < -0.4 is 5.73 Å². The zero-order chi connectivity index (χ0) is 9.84. The molecule has 0 bridgehead atoms. The lowest BCUT2D eigenvalue weighted by Gasteiger charge is -2.05. The number of rotatable bonds is 3. The summed E-state index contributed by atoms with van der Waals surface area (Å²) in [6.07, 6.45) is 1.38. The summed E-state index contributed by atoms with van der Waals surface area (Å²) in [4.78, 5) is 13.7. The maximum absolute atomic E-state index is 12.5. The van der Waals surface area contributed by atoms with Crippen molar-refractivity contribution in [2.75, 3.05) is 0 Å². The van der Waals surface area contributed by atoms with Crippen molar-refractivity contribution in [3.8, 4) is 0 Å². The lowest BCUT2D eigenvalue weighted by molar-refractivity contribution is -0.138. The van der Waals surface area contributed by atoms with Gasteiger partial charge in [0.05, 0.1) is 0 Å². The number of carboxylic acid groups (broad SMARTS) is 1. The third kappa shape index (κ3) is 2.79. The van der Waals surface area contributed by atoms with E-state index in [0.717, 1.165) is 0 Å². The van der Waals surface area contributed by atoms with Gasteiger partial charge < -0.3 is 10.8 Å². The number of aromatic nitrogens is 1. The van der Waals surface area contributed by atoms with Crippen LogP contribution in [0.1, 0.15) is 5.56 Å². The van der Waals surface area contributed by atoms with Crippen molar-refractivity contribution < 1.29 is 14.3 Å². The SMILES string of the molecule is N[C@@H](Cc1ccnc(F)c1)C(=O)O. The lowest BCUT2D eigenvalue weighted by Crippen LogP contribution is -2.32. The van der Waals surface area contributed by atoms with E-state index < -0.39 is 18.0 Å². The van der Waals surface area contributed by atoms with Gasteiger partial charge in [0.2, 0.25) is 5.95 Å². The van der Waals surface area contributed by atoms with Gasteiger partial charge in [0.1, 0.15) is 6.04 Å². The van der Waals surface area contributed by atoms with E-state index in [-0.39, 0.29) is 6.42 Å². The summed E-state index contributed by atoms with van der Waals surface area (Å²) >= 11 is 0. The van der Waals surface area contributed by atoms with Gasteiger partial charge >= 0.3 is 5.97 Å². The third-order valence-electron chi connectivity index (χ3n) is 1.56. The highest BCUT2D eigenvalue weighted by atomic mass is 19.1. The average molecular weight is 184 g/mol. The van der Waals surface area contributed by atoms with Gasteiger partial charge in [-0.15, -0.1) is 0 Å². The highest BCUT2D eigenvalue weighted by Crippen LogP contribution is 2.03. The van der Waals surface area contributed by atoms with Gasteiger partial charge in [-0.1, -0.05) is 0 Å². The van der Waals surface area contributed by atoms with Crippen molar-refractivity contribution in [2.24, 2.45) is 5.73 Å². The van der Waals surface area contributed by atoms with E-state index in [2.05, 4.69) is 4.98 Å². The first kappa shape index (κ1) is 9.60. The van der Waals surface area contributed by atoms with Crippen LogP contribution in [0, 0.1) is 5.95 Å². The summed E-state index contributed by atoms with van der Waals surface area (Å²) in [6, 6.07) is 1.70. The predicted octanol–water partition coefficient (Wildman–Crippen LogP) is 0.175. The highest BCUT2D eigenvalue weighted by molar-refractivity contribution is 5.73. The molecule has 1 aromatic rings. The first-order valence-electron chi connectivity index (χ1n) is 3.68. The topological polar surface area (TPSA) is 76.2 Å². The number of carboxylic acids is 1. The molecule has 0 fully saturated rings. The van der Waals surface area contributed by atoms with Gasteiger partial charge in [0, 0.05) is 6.20 Å². The van der Waals surface area contributed by atoms with Crippen LogP contribution in [0.25, 0.3) is 0 Å². The Morgan fingerprint density at radius 1 is 1.77 bits per heavy atom. The molecule has 0 aliphatic carbocycles. The Hall–Kier alpha value is -1.49. The molecule has 0 radical (unpaired) electrons. The molecule has 1 heterocycles. The van der Waals surface area contributed by atoms with E-state index in [1.54, 1.807) is 0 Å². The van der Waals surface area contributed by atoms with Gasteiger partial charge in [-0.05, 0) is 24.1 Å². The molecule has 1 aromatic heterocycles. The number of halogens is 1. The summed E-state index contributed by atoms with van der Waals surface area (Å²) in [6.45, 7) is 0. The van der Waals surface area contributed by atoms with E-state index in [9.17, 15) is 9.18 Å². The molecule has 1 rings (SSSR count). The lowest BCUT2D eigenvalue weighted by atomic mass is 10.1. The largest absolute Gasteiger partial charge is 0.480 e. The van der Waals surface area contributed by atoms with Crippen LogP contribution in [-0.2, 0) is 11.2 Å². The van der Waals surface area contributed by atoms with Crippen LogP contribution in [0.3, 0.4) is 0 Å². The molecule has 5 heteroatoms. The number of hydrogen-bond donors (Lipinski definition) is 2. The summed E-state index contributed by atoms with van der Waals surface area (Å²) in [5, 5.41) is 8.48. The quantitative estimate of drug-likeness (QED) is 0.657. The van der Waals surface area contributed by atoms with Crippen molar-refractivity contribution in [2.45, 2.75) is 12.5 Å². The van der Waals surface area contributed by atoms with E-state index in [1.807, 2.05) is 0 Å². The average Bonchev–Trinajstić information content (AvgIpc) is 2.04. The molecular formula is C8H9FN2O2. The number of aliphatic carboxylic acids is 1. The van der Waals surface area contributed by atoms with Gasteiger partial charge in [-0.2, -0.15) is 4.39 Å². The van der Waals surface area contributed by atoms with Crippen LogP contribution in [0.15, 0.2) is 18.3 Å². The number of hydrogen-bond acceptors (Lipinski definition) is 3. The van der Waals surface area contributed by atoms with Crippen LogP contribution in [-0.4, -0.2) is 22.1 Å². The maximum atomic E-state index is 12.5. The first-order valence-corrected chi connectivity index (χ1v) is 3.68. The monoisotopic (exact) mass is 184 g/mol. The number of nitrogens with two attached hydrogens (primary N) is 1. The molecular weight excluding hydrogens is 175 g/mol. The zero-order valence-corrected chi connectivity index (χ0v) is 6.77. The van der Waals surface area contributed by atoms with Crippen LogP contribution in [0.4, 0.5) is 4.39 Å². The minimum atomic E-state index is -1.10. The second-order valence-electron chi connectivity index (χ2n) is 2.64. The summed E-state index contributed by atoms with van der Waals surface area (Å²) < 4.78 is 12.5. The molecule has 4 nitrogen and oxygen atoms in total. The normalized spacial score (nSPS) is 12.5. The zero-order valence-electron chi connectivity index (χ0n) is 6.77. The van der Waals surface area contributed by atoms with Crippen molar-refractivity contribution in [3.05, 3.63) is 29.8 Å². The number of carbonyl (C=O) groups is 1. The van der Waals surface area contributed by atoms with E-state index in [4.69, 9.17) is 10.8 Å². The van der Waals surface area contributed by atoms with E-state index in [0.29, 0.717) is 5.56 Å². The minimum absolute atomic E-state index is 0.106. The molecule has 70 valence electrons. The highest BCUT2D eigenvalue weighted by Gasteiger charge is 2.12. The van der Waals surface area contributed by atoms with E-state index in [1.165, 1.54) is 18.3 Å². The first-order chi connectivity index (χ1) is 6.09. The Labute approximate surface area is 74.2 Å². The third-order valence-corrected chi connectivity index (χ3v) is 1.56. The molecule has 0 spiro atoms. The molecule has 0 amide bonds. The smallest absolute Gasteiger partial charge is 0.320 e. The second kappa shape index (κ2) is 3.95. The summed E-state index contributed by atoms with van der Waals surface area (Å²) in [5.41, 5.74) is 5.79. The van der Waals surface area contributed by atoms with E-state index >= 15 is 0 Å².